The molecule has 0 atom stereocenters. The SMILES string of the molecule is CCNS(=O)(=O)NCC1CCCC1. The van der Waals surface area contributed by atoms with E-state index in [0.717, 1.165) is 12.8 Å². The van der Waals surface area contributed by atoms with Gasteiger partial charge in [0.15, 0.2) is 0 Å². The van der Waals surface area contributed by atoms with Crippen molar-refractivity contribution in [2.45, 2.75) is 32.6 Å². The van der Waals surface area contributed by atoms with Crippen molar-refractivity contribution in [2.24, 2.45) is 5.92 Å². The quantitative estimate of drug-likeness (QED) is 0.693. The third-order valence-corrected chi connectivity index (χ3v) is 3.59. The predicted molar refractivity (Wildman–Crippen MR) is 52.6 cm³/mol. The monoisotopic (exact) mass is 206 g/mol. The summed E-state index contributed by atoms with van der Waals surface area (Å²) in [6, 6.07) is 0. The van der Waals surface area contributed by atoms with Crippen LogP contribution >= 0.6 is 0 Å². The van der Waals surface area contributed by atoms with E-state index in [1.165, 1.54) is 12.8 Å². The molecule has 0 aromatic heterocycles. The summed E-state index contributed by atoms with van der Waals surface area (Å²) in [5.41, 5.74) is 0. The smallest absolute Gasteiger partial charge is 0.203 e. The highest BCUT2D eigenvalue weighted by molar-refractivity contribution is 7.87. The summed E-state index contributed by atoms with van der Waals surface area (Å²) < 4.78 is 27.3. The minimum Gasteiger partial charge on any atom is -0.203 e. The lowest BCUT2D eigenvalue weighted by Crippen LogP contribution is -2.38. The van der Waals surface area contributed by atoms with Gasteiger partial charge >= 0.3 is 0 Å². The fraction of sp³-hybridized carbons (Fsp3) is 1.00. The van der Waals surface area contributed by atoms with Crippen LogP contribution in [-0.2, 0) is 10.2 Å². The molecule has 1 rings (SSSR count). The van der Waals surface area contributed by atoms with Gasteiger partial charge < -0.3 is 0 Å². The molecule has 78 valence electrons. The Morgan fingerprint density at radius 1 is 1.23 bits per heavy atom. The topological polar surface area (TPSA) is 58.2 Å². The average Bonchev–Trinajstić information content (AvgIpc) is 2.52. The Labute approximate surface area is 80.3 Å². The van der Waals surface area contributed by atoms with Gasteiger partial charge in [0, 0.05) is 13.1 Å². The summed E-state index contributed by atoms with van der Waals surface area (Å²) in [7, 11) is -3.22. The highest BCUT2D eigenvalue weighted by atomic mass is 32.2. The van der Waals surface area contributed by atoms with Gasteiger partial charge in [-0.05, 0) is 18.8 Å². The molecule has 1 aliphatic rings. The second-order valence-corrected chi connectivity index (χ2v) is 5.08. The van der Waals surface area contributed by atoms with Gasteiger partial charge in [0.05, 0.1) is 0 Å². The highest BCUT2D eigenvalue weighted by Gasteiger charge is 2.17. The number of hydrogen-bond donors (Lipinski definition) is 2. The van der Waals surface area contributed by atoms with Gasteiger partial charge in [0.25, 0.3) is 10.2 Å². The first-order chi connectivity index (χ1) is 6.14. The predicted octanol–water partition coefficient (Wildman–Crippen LogP) is 0.620. The molecule has 0 radical (unpaired) electrons. The van der Waals surface area contributed by atoms with Crippen LogP contribution in [0.25, 0.3) is 0 Å². The maximum Gasteiger partial charge on any atom is 0.276 e. The highest BCUT2D eigenvalue weighted by Crippen LogP contribution is 2.23. The third kappa shape index (κ3) is 4.06. The molecule has 0 bridgehead atoms. The molecule has 0 aromatic carbocycles. The van der Waals surface area contributed by atoms with Gasteiger partial charge in [-0.1, -0.05) is 19.8 Å². The Bertz CT molecular complexity index is 233. The summed E-state index contributed by atoms with van der Waals surface area (Å²) >= 11 is 0. The zero-order valence-corrected chi connectivity index (χ0v) is 8.86. The maximum atomic E-state index is 11.2. The van der Waals surface area contributed by atoms with E-state index in [9.17, 15) is 8.42 Å². The Balaban J connectivity index is 2.24. The van der Waals surface area contributed by atoms with E-state index >= 15 is 0 Å². The molecule has 5 heteroatoms. The van der Waals surface area contributed by atoms with Crippen LogP contribution in [0.2, 0.25) is 0 Å². The fourth-order valence-corrected chi connectivity index (χ4v) is 2.62. The molecule has 1 fully saturated rings. The van der Waals surface area contributed by atoms with Crippen molar-refractivity contribution in [1.29, 1.82) is 0 Å². The van der Waals surface area contributed by atoms with Crippen LogP contribution in [-0.4, -0.2) is 21.5 Å². The minimum atomic E-state index is -3.22. The Kier molecular flexibility index (Phi) is 4.15. The molecule has 1 saturated carbocycles. The number of nitrogens with one attached hydrogen (secondary N) is 2. The summed E-state index contributed by atoms with van der Waals surface area (Å²) in [6.07, 6.45) is 4.81. The fourth-order valence-electron chi connectivity index (χ4n) is 1.68. The van der Waals surface area contributed by atoms with Crippen molar-refractivity contribution in [3.05, 3.63) is 0 Å². The third-order valence-electron chi connectivity index (χ3n) is 2.37. The molecule has 4 nitrogen and oxygen atoms in total. The van der Waals surface area contributed by atoms with E-state index in [4.69, 9.17) is 0 Å². The largest absolute Gasteiger partial charge is 0.276 e. The van der Waals surface area contributed by atoms with Gasteiger partial charge in [-0.15, -0.1) is 0 Å². The molecule has 13 heavy (non-hydrogen) atoms. The molecule has 0 saturated heterocycles. The Hall–Kier alpha value is -0.130. The molecular weight excluding hydrogens is 188 g/mol. The second kappa shape index (κ2) is 4.93. The van der Waals surface area contributed by atoms with Crippen molar-refractivity contribution in [2.75, 3.05) is 13.1 Å². The van der Waals surface area contributed by atoms with E-state index < -0.39 is 10.2 Å². The van der Waals surface area contributed by atoms with E-state index in [1.54, 1.807) is 6.92 Å². The first-order valence-electron chi connectivity index (χ1n) is 4.88. The normalized spacial score (nSPS) is 19.5. The van der Waals surface area contributed by atoms with Crippen LogP contribution in [0.1, 0.15) is 32.6 Å². The van der Waals surface area contributed by atoms with Crippen LogP contribution in [0.15, 0.2) is 0 Å². The Morgan fingerprint density at radius 2 is 1.85 bits per heavy atom. The summed E-state index contributed by atoms with van der Waals surface area (Å²) in [4.78, 5) is 0. The first-order valence-corrected chi connectivity index (χ1v) is 6.36. The minimum absolute atomic E-state index is 0.444. The van der Waals surface area contributed by atoms with Crippen molar-refractivity contribution >= 4 is 10.2 Å². The van der Waals surface area contributed by atoms with Gasteiger partial charge in [0.2, 0.25) is 0 Å². The molecule has 1 aliphatic carbocycles. The van der Waals surface area contributed by atoms with Crippen LogP contribution in [0.3, 0.4) is 0 Å². The number of hydrogen-bond acceptors (Lipinski definition) is 2. The molecular formula is C8H18N2O2S. The van der Waals surface area contributed by atoms with Crippen LogP contribution < -0.4 is 9.44 Å². The molecule has 2 N–H and O–H groups in total. The number of rotatable bonds is 5. The van der Waals surface area contributed by atoms with Crippen molar-refractivity contribution in [1.82, 2.24) is 9.44 Å². The Morgan fingerprint density at radius 3 is 2.38 bits per heavy atom. The zero-order valence-electron chi connectivity index (χ0n) is 8.04. The van der Waals surface area contributed by atoms with Gasteiger partial charge in [-0.25, -0.2) is 9.44 Å². The summed E-state index contributed by atoms with van der Waals surface area (Å²) in [5, 5.41) is 0. The van der Waals surface area contributed by atoms with E-state index in [-0.39, 0.29) is 0 Å². The van der Waals surface area contributed by atoms with Crippen LogP contribution in [0.5, 0.6) is 0 Å². The van der Waals surface area contributed by atoms with Gasteiger partial charge in [0.1, 0.15) is 0 Å². The first kappa shape index (κ1) is 10.9. The van der Waals surface area contributed by atoms with Crippen molar-refractivity contribution in [3.63, 3.8) is 0 Å². The molecule has 0 amide bonds. The zero-order chi connectivity index (χ0) is 9.73. The lowest BCUT2D eigenvalue weighted by atomic mass is 10.1. The lowest BCUT2D eigenvalue weighted by Gasteiger charge is -2.10. The average molecular weight is 206 g/mol. The van der Waals surface area contributed by atoms with Gasteiger partial charge in [-0.3, -0.25) is 0 Å². The second-order valence-electron chi connectivity index (χ2n) is 3.50. The standard InChI is InChI=1S/C8H18N2O2S/c1-2-9-13(11,12)10-7-8-5-3-4-6-8/h8-10H,2-7H2,1H3. The molecule has 0 heterocycles. The van der Waals surface area contributed by atoms with E-state index in [2.05, 4.69) is 9.44 Å². The van der Waals surface area contributed by atoms with Gasteiger partial charge in [-0.2, -0.15) is 8.42 Å². The van der Waals surface area contributed by atoms with Crippen molar-refractivity contribution in [3.8, 4) is 0 Å². The van der Waals surface area contributed by atoms with Crippen LogP contribution in [0.4, 0.5) is 0 Å². The lowest BCUT2D eigenvalue weighted by molar-refractivity contribution is 0.514. The molecule has 0 aliphatic heterocycles. The van der Waals surface area contributed by atoms with Crippen LogP contribution in [0, 0.1) is 5.92 Å². The molecule has 0 unspecified atom stereocenters. The van der Waals surface area contributed by atoms with Crippen molar-refractivity contribution < 1.29 is 8.42 Å². The summed E-state index contributed by atoms with van der Waals surface area (Å²) in [6.45, 7) is 2.81. The maximum absolute atomic E-state index is 11.2. The summed E-state index contributed by atoms with van der Waals surface area (Å²) in [5.74, 6) is 0.549. The molecule has 0 aromatic rings. The molecule has 0 spiro atoms. The van der Waals surface area contributed by atoms with E-state index in [1.807, 2.05) is 0 Å². The van der Waals surface area contributed by atoms with E-state index in [0.29, 0.717) is 19.0 Å².